The van der Waals surface area contributed by atoms with E-state index in [4.69, 9.17) is 11.6 Å². The molecular weight excluding hydrogens is 314 g/mol. The molecule has 7 heteroatoms. The molecule has 0 aliphatic rings. The van der Waals surface area contributed by atoms with Crippen LogP contribution in [0.1, 0.15) is 16.9 Å². The largest absolute Gasteiger partial charge is 0.351 e. The van der Waals surface area contributed by atoms with Gasteiger partial charge in [0.05, 0.1) is 0 Å². The molecule has 0 aliphatic heterocycles. The van der Waals surface area contributed by atoms with E-state index in [1.54, 1.807) is 24.4 Å². The zero-order valence-corrected chi connectivity index (χ0v) is 14.0. The highest BCUT2D eigenvalue weighted by molar-refractivity contribution is 6.30. The number of hydrogen-bond donors (Lipinski definition) is 2. The van der Waals surface area contributed by atoms with Gasteiger partial charge in [0.25, 0.3) is 5.91 Å². The summed E-state index contributed by atoms with van der Waals surface area (Å²) in [6.45, 7) is 1.53. The summed E-state index contributed by atoms with van der Waals surface area (Å²) in [6, 6.07) is 8.81. The maximum atomic E-state index is 12.1. The summed E-state index contributed by atoms with van der Waals surface area (Å²) >= 11 is 5.94. The van der Waals surface area contributed by atoms with Crippen molar-refractivity contribution in [2.75, 3.05) is 32.5 Å². The highest BCUT2D eigenvalue weighted by atomic mass is 35.5. The zero-order valence-electron chi connectivity index (χ0n) is 13.2. The molecule has 0 bridgehead atoms. The Kier molecular flexibility index (Phi) is 6.31. The van der Waals surface area contributed by atoms with Gasteiger partial charge < -0.3 is 15.5 Å². The highest BCUT2D eigenvalue weighted by Crippen LogP contribution is 2.17. The minimum Gasteiger partial charge on any atom is -0.351 e. The van der Waals surface area contributed by atoms with Crippen LogP contribution in [-0.2, 0) is 0 Å². The van der Waals surface area contributed by atoms with Crippen molar-refractivity contribution < 1.29 is 4.79 Å². The van der Waals surface area contributed by atoms with Gasteiger partial charge in [0.1, 0.15) is 5.69 Å². The maximum absolute atomic E-state index is 12.1. The van der Waals surface area contributed by atoms with E-state index in [0.29, 0.717) is 23.2 Å². The molecule has 0 aliphatic carbocycles. The van der Waals surface area contributed by atoms with Crippen molar-refractivity contribution in [3.05, 3.63) is 47.2 Å². The van der Waals surface area contributed by atoms with Crippen molar-refractivity contribution in [2.45, 2.75) is 6.42 Å². The first-order chi connectivity index (χ1) is 11.0. The van der Waals surface area contributed by atoms with Crippen LogP contribution in [0.3, 0.4) is 0 Å². The molecule has 23 heavy (non-hydrogen) atoms. The van der Waals surface area contributed by atoms with Crippen LogP contribution in [0.2, 0.25) is 5.02 Å². The smallest absolute Gasteiger partial charge is 0.270 e. The van der Waals surface area contributed by atoms with Crippen molar-refractivity contribution >= 4 is 29.1 Å². The average Bonchev–Trinajstić information content (AvgIpc) is 2.51. The van der Waals surface area contributed by atoms with Gasteiger partial charge in [0, 0.05) is 23.5 Å². The fourth-order valence-corrected chi connectivity index (χ4v) is 2.12. The number of carbonyl (C=O) groups excluding carboxylic acids is 1. The molecule has 2 N–H and O–H groups in total. The van der Waals surface area contributed by atoms with Gasteiger partial charge in [-0.05, 0) is 51.3 Å². The lowest BCUT2D eigenvalue weighted by molar-refractivity contribution is 0.0947. The lowest BCUT2D eigenvalue weighted by Crippen LogP contribution is -2.28. The second-order valence-corrected chi connectivity index (χ2v) is 5.75. The Bertz CT molecular complexity index is 662. The number of nitrogens with zero attached hydrogens (tertiary/aromatic N) is 3. The third kappa shape index (κ3) is 5.84. The normalized spacial score (nSPS) is 10.6. The van der Waals surface area contributed by atoms with Crippen LogP contribution in [0.25, 0.3) is 0 Å². The quantitative estimate of drug-likeness (QED) is 0.762. The second-order valence-electron chi connectivity index (χ2n) is 5.31. The lowest BCUT2D eigenvalue weighted by atomic mass is 10.3. The summed E-state index contributed by atoms with van der Waals surface area (Å²) in [5.74, 6) is 0.147. The fraction of sp³-hybridized carbons (Fsp3) is 0.312. The number of anilines is 2. The molecular formula is C16H20ClN5O. The number of carbonyl (C=O) groups is 1. The summed E-state index contributed by atoms with van der Waals surface area (Å²) in [5, 5.41) is 6.49. The minimum absolute atomic E-state index is 0.208. The summed E-state index contributed by atoms with van der Waals surface area (Å²) in [6.07, 6.45) is 2.44. The molecule has 0 fully saturated rings. The first kappa shape index (κ1) is 17.2. The topological polar surface area (TPSA) is 70.2 Å². The van der Waals surface area contributed by atoms with Crippen LogP contribution in [0, 0.1) is 0 Å². The number of halogens is 1. The van der Waals surface area contributed by atoms with Crippen LogP contribution >= 0.6 is 11.6 Å². The van der Waals surface area contributed by atoms with Crippen LogP contribution in [-0.4, -0.2) is 48.0 Å². The van der Waals surface area contributed by atoms with Crippen molar-refractivity contribution in [3.63, 3.8) is 0 Å². The van der Waals surface area contributed by atoms with Gasteiger partial charge in [0.15, 0.2) is 0 Å². The van der Waals surface area contributed by atoms with Crippen LogP contribution in [0.4, 0.5) is 11.6 Å². The fourth-order valence-electron chi connectivity index (χ4n) is 1.93. The third-order valence-corrected chi connectivity index (χ3v) is 3.27. The number of nitrogens with one attached hydrogen (secondary N) is 2. The highest BCUT2D eigenvalue weighted by Gasteiger charge is 2.08. The molecule has 1 amide bonds. The van der Waals surface area contributed by atoms with Crippen molar-refractivity contribution in [1.82, 2.24) is 20.2 Å². The second kappa shape index (κ2) is 8.45. The summed E-state index contributed by atoms with van der Waals surface area (Å²) in [4.78, 5) is 22.5. The molecule has 0 saturated heterocycles. The van der Waals surface area contributed by atoms with E-state index in [9.17, 15) is 4.79 Å². The van der Waals surface area contributed by atoms with Gasteiger partial charge in [-0.15, -0.1) is 0 Å². The molecule has 2 rings (SSSR count). The Morgan fingerprint density at radius 2 is 2.13 bits per heavy atom. The number of benzene rings is 1. The minimum atomic E-state index is -0.208. The predicted molar refractivity (Wildman–Crippen MR) is 92.3 cm³/mol. The van der Waals surface area contributed by atoms with Crippen LogP contribution in [0.5, 0.6) is 0 Å². The van der Waals surface area contributed by atoms with Gasteiger partial charge in [-0.1, -0.05) is 17.7 Å². The zero-order chi connectivity index (χ0) is 16.7. The van der Waals surface area contributed by atoms with Crippen molar-refractivity contribution in [1.29, 1.82) is 0 Å². The molecule has 6 nitrogen and oxygen atoms in total. The Labute approximate surface area is 140 Å². The standard InChI is InChI=1S/C16H20ClN5O/c1-22(2)10-4-8-18-15(23)14-7-9-19-16(21-14)20-13-6-3-5-12(17)11-13/h3,5-7,9,11H,4,8,10H2,1-2H3,(H,18,23)(H,19,20,21). The SMILES string of the molecule is CN(C)CCCNC(=O)c1ccnc(Nc2cccc(Cl)c2)n1. The average molecular weight is 334 g/mol. The summed E-state index contributed by atoms with van der Waals surface area (Å²) in [7, 11) is 4.00. The number of hydrogen-bond acceptors (Lipinski definition) is 5. The van der Waals surface area contributed by atoms with Gasteiger partial charge in [-0.2, -0.15) is 0 Å². The molecule has 1 aromatic carbocycles. The van der Waals surface area contributed by atoms with Gasteiger partial charge in [0.2, 0.25) is 5.95 Å². The first-order valence-corrected chi connectivity index (χ1v) is 7.71. The molecule has 1 aromatic heterocycles. The van der Waals surface area contributed by atoms with E-state index in [1.807, 2.05) is 26.2 Å². The molecule has 2 aromatic rings. The number of rotatable bonds is 7. The van der Waals surface area contributed by atoms with Crippen LogP contribution < -0.4 is 10.6 Å². The van der Waals surface area contributed by atoms with Crippen LogP contribution in [0.15, 0.2) is 36.5 Å². The lowest BCUT2D eigenvalue weighted by Gasteiger charge is -2.10. The molecule has 0 saturated carbocycles. The Morgan fingerprint density at radius 3 is 2.87 bits per heavy atom. The third-order valence-electron chi connectivity index (χ3n) is 3.04. The van der Waals surface area contributed by atoms with Crippen molar-refractivity contribution in [2.24, 2.45) is 0 Å². The van der Waals surface area contributed by atoms with E-state index in [0.717, 1.165) is 18.7 Å². The molecule has 1 heterocycles. The molecule has 0 radical (unpaired) electrons. The Balaban J connectivity index is 1.95. The predicted octanol–water partition coefficient (Wildman–Crippen LogP) is 2.56. The van der Waals surface area contributed by atoms with Gasteiger partial charge in [-0.3, -0.25) is 4.79 Å². The molecule has 122 valence electrons. The first-order valence-electron chi connectivity index (χ1n) is 7.33. The molecule has 0 spiro atoms. The van der Waals surface area contributed by atoms with E-state index < -0.39 is 0 Å². The van der Waals surface area contributed by atoms with E-state index in [-0.39, 0.29) is 5.91 Å². The van der Waals surface area contributed by atoms with E-state index in [1.165, 1.54) is 0 Å². The Morgan fingerprint density at radius 1 is 1.30 bits per heavy atom. The maximum Gasteiger partial charge on any atom is 0.270 e. The van der Waals surface area contributed by atoms with Gasteiger partial charge >= 0.3 is 0 Å². The number of amides is 1. The van der Waals surface area contributed by atoms with E-state index in [2.05, 4.69) is 25.5 Å². The van der Waals surface area contributed by atoms with E-state index >= 15 is 0 Å². The summed E-state index contributed by atoms with van der Waals surface area (Å²) in [5.41, 5.74) is 1.09. The monoisotopic (exact) mass is 333 g/mol. The molecule has 0 atom stereocenters. The Hall–Kier alpha value is -2.18. The molecule has 0 unspecified atom stereocenters. The number of aromatic nitrogens is 2. The summed E-state index contributed by atoms with van der Waals surface area (Å²) < 4.78 is 0. The van der Waals surface area contributed by atoms with Crippen molar-refractivity contribution in [3.8, 4) is 0 Å². The van der Waals surface area contributed by atoms with Gasteiger partial charge in [-0.25, -0.2) is 9.97 Å².